The van der Waals surface area contributed by atoms with Crippen LogP contribution in [0.3, 0.4) is 0 Å². The molecule has 2 heterocycles. The summed E-state index contributed by atoms with van der Waals surface area (Å²) in [5.41, 5.74) is 8.90. The van der Waals surface area contributed by atoms with Gasteiger partial charge in [-0.3, -0.25) is 0 Å². The highest BCUT2D eigenvalue weighted by molar-refractivity contribution is 7.13. The SMILES string of the molecule is Cc1c(-c2csc(N)n2)cnn1-c1ccc(F)c(Cl)c1. The molecule has 102 valence electrons. The monoisotopic (exact) mass is 308 g/mol. The molecule has 0 radical (unpaired) electrons. The summed E-state index contributed by atoms with van der Waals surface area (Å²) in [5.74, 6) is -0.451. The van der Waals surface area contributed by atoms with Crippen molar-refractivity contribution >= 4 is 28.1 Å². The van der Waals surface area contributed by atoms with Crippen molar-refractivity contribution in [1.29, 1.82) is 0 Å². The van der Waals surface area contributed by atoms with Gasteiger partial charge in [-0.05, 0) is 25.1 Å². The quantitative estimate of drug-likeness (QED) is 0.785. The normalized spacial score (nSPS) is 10.9. The van der Waals surface area contributed by atoms with Crippen LogP contribution in [0.4, 0.5) is 9.52 Å². The average molecular weight is 309 g/mol. The van der Waals surface area contributed by atoms with Crippen molar-refractivity contribution in [2.24, 2.45) is 0 Å². The van der Waals surface area contributed by atoms with Crippen molar-refractivity contribution < 1.29 is 4.39 Å². The van der Waals surface area contributed by atoms with E-state index < -0.39 is 5.82 Å². The minimum atomic E-state index is -0.451. The van der Waals surface area contributed by atoms with Gasteiger partial charge in [0, 0.05) is 10.9 Å². The Labute approximate surface area is 123 Å². The van der Waals surface area contributed by atoms with E-state index in [0.29, 0.717) is 10.8 Å². The third-order valence-corrected chi connectivity index (χ3v) is 3.92. The van der Waals surface area contributed by atoms with Gasteiger partial charge in [0.05, 0.1) is 28.3 Å². The molecule has 0 aliphatic rings. The zero-order chi connectivity index (χ0) is 14.3. The molecule has 3 rings (SSSR count). The molecule has 2 aromatic heterocycles. The molecule has 7 heteroatoms. The number of aromatic nitrogens is 3. The highest BCUT2D eigenvalue weighted by atomic mass is 35.5. The average Bonchev–Trinajstić information content (AvgIpc) is 2.99. The minimum absolute atomic E-state index is 0.0665. The van der Waals surface area contributed by atoms with Crippen LogP contribution in [0, 0.1) is 12.7 Å². The Balaban J connectivity index is 2.08. The van der Waals surface area contributed by atoms with E-state index in [1.807, 2.05) is 12.3 Å². The van der Waals surface area contributed by atoms with Gasteiger partial charge >= 0.3 is 0 Å². The summed E-state index contributed by atoms with van der Waals surface area (Å²) in [7, 11) is 0. The van der Waals surface area contributed by atoms with Crippen molar-refractivity contribution in [2.75, 3.05) is 5.73 Å². The van der Waals surface area contributed by atoms with Gasteiger partial charge in [-0.25, -0.2) is 14.1 Å². The molecule has 0 saturated heterocycles. The van der Waals surface area contributed by atoms with E-state index in [9.17, 15) is 4.39 Å². The molecule has 0 saturated carbocycles. The van der Waals surface area contributed by atoms with Crippen molar-refractivity contribution in [1.82, 2.24) is 14.8 Å². The van der Waals surface area contributed by atoms with Crippen molar-refractivity contribution in [3.8, 4) is 16.9 Å². The van der Waals surface area contributed by atoms with Crippen LogP contribution in [0.15, 0.2) is 29.8 Å². The molecular weight excluding hydrogens is 299 g/mol. The second-order valence-electron chi connectivity index (χ2n) is 4.22. The van der Waals surface area contributed by atoms with Crippen LogP contribution in [-0.2, 0) is 0 Å². The maximum Gasteiger partial charge on any atom is 0.180 e. The first-order chi connectivity index (χ1) is 9.56. The smallest absolute Gasteiger partial charge is 0.180 e. The van der Waals surface area contributed by atoms with E-state index in [2.05, 4.69) is 10.1 Å². The molecule has 2 N–H and O–H groups in total. The molecule has 0 amide bonds. The lowest BCUT2D eigenvalue weighted by molar-refractivity contribution is 0.627. The van der Waals surface area contributed by atoms with E-state index in [1.165, 1.54) is 23.5 Å². The summed E-state index contributed by atoms with van der Waals surface area (Å²) in [5, 5.41) is 6.76. The maximum atomic E-state index is 13.2. The largest absolute Gasteiger partial charge is 0.375 e. The van der Waals surface area contributed by atoms with Crippen LogP contribution < -0.4 is 5.73 Å². The Morgan fingerprint density at radius 2 is 2.20 bits per heavy atom. The molecule has 0 bridgehead atoms. The molecule has 0 fully saturated rings. The third kappa shape index (κ3) is 2.17. The number of thiazole rings is 1. The molecule has 0 atom stereocenters. The van der Waals surface area contributed by atoms with Crippen LogP contribution in [0.25, 0.3) is 16.9 Å². The first-order valence-corrected chi connectivity index (χ1v) is 7.03. The summed E-state index contributed by atoms with van der Waals surface area (Å²) >= 11 is 7.18. The van der Waals surface area contributed by atoms with Gasteiger partial charge in [0.1, 0.15) is 5.82 Å². The number of benzene rings is 1. The lowest BCUT2D eigenvalue weighted by atomic mass is 10.2. The van der Waals surface area contributed by atoms with Gasteiger partial charge in [0.25, 0.3) is 0 Å². The van der Waals surface area contributed by atoms with Crippen molar-refractivity contribution in [2.45, 2.75) is 6.92 Å². The predicted octanol–water partition coefficient (Wildman–Crippen LogP) is 3.68. The highest BCUT2D eigenvalue weighted by Gasteiger charge is 2.13. The predicted molar refractivity (Wildman–Crippen MR) is 78.8 cm³/mol. The van der Waals surface area contributed by atoms with Crippen molar-refractivity contribution in [3.63, 3.8) is 0 Å². The van der Waals surface area contributed by atoms with Crippen molar-refractivity contribution in [3.05, 3.63) is 46.3 Å². The molecule has 4 nitrogen and oxygen atoms in total. The second kappa shape index (κ2) is 4.88. The van der Waals surface area contributed by atoms with Gasteiger partial charge in [-0.1, -0.05) is 11.6 Å². The Bertz CT molecular complexity index is 781. The topological polar surface area (TPSA) is 56.7 Å². The van der Waals surface area contributed by atoms with E-state index in [-0.39, 0.29) is 5.02 Å². The molecule has 0 unspecified atom stereocenters. The highest BCUT2D eigenvalue weighted by Crippen LogP contribution is 2.28. The number of rotatable bonds is 2. The Hall–Kier alpha value is -1.92. The fourth-order valence-corrected chi connectivity index (χ4v) is 2.69. The second-order valence-corrected chi connectivity index (χ2v) is 5.52. The number of nitrogens with zero attached hydrogens (tertiary/aromatic N) is 3. The molecular formula is C13H10ClFN4S. The summed E-state index contributed by atoms with van der Waals surface area (Å²) in [4.78, 5) is 4.24. The summed E-state index contributed by atoms with van der Waals surface area (Å²) in [6.45, 7) is 1.91. The first kappa shape index (κ1) is 13.1. The fourth-order valence-electron chi connectivity index (χ4n) is 1.95. The Kier molecular flexibility index (Phi) is 3.19. The zero-order valence-electron chi connectivity index (χ0n) is 10.5. The van der Waals surface area contributed by atoms with Gasteiger partial charge in [0.15, 0.2) is 5.13 Å². The van der Waals surface area contributed by atoms with Gasteiger partial charge in [0.2, 0.25) is 0 Å². The van der Waals surface area contributed by atoms with Crippen LogP contribution in [0.2, 0.25) is 5.02 Å². The van der Waals surface area contributed by atoms with E-state index in [4.69, 9.17) is 17.3 Å². The molecule has 1 aromatic carbocycles. The maximum absolute atomic E-state index is 13.2. The van der Waals surface area contributed by atoms with E-state index in [1.54, 1.807) is 16.9 Å². The third-order valence-electron chi connectivity index (χ3n) is 2.96. The number of hydrogen-bond acceptors (Lipinski definition) is 4. The number of nitrogen functional groups attached to an aromatic ring is 1. The van der Waals surface area contributed by atoms with Crippen LogP contribution >= 0.6 is 22.9 Å². The van der Waals surface area contributed by atoms with E-state index >= 15 is 0 Å². The summed E-state index contributed by atoms with van der Waals surface area (Å²) in [6, 6.07) is 4.48. The number of hydrogen-bond donors (Lipinski definition) is 1. The van der Waals surface area contributed by atoms with Crippen LogP contribution in [-0.4, -0.2) is 14.8 Å². The number of nitrogens with two attached hydrogens (primary N) is 1. The van der Waals surface area contributed by atoms with E-state index in [0.717, 1.165) is 17.0 Å². The number of anilines is 1. The Morgan fingerprint density at radius 3 is 2.85 bits per heavy atom. The number of halogens is 2. The summed E-state index contributed by atoms with van der Waals surface area (Å²) < 4.78 is 14.9. The summed E-state index contributed by atoms with van der Waals surface area (Å²) in [6.07, 6.45) is 1.71. The standard InChI is InChI=1S/C13H10ClFN4S/c1-7-9(12-6-20-13(16)18-12)5-17-19(7)8-2-3-11(15)10(14)4-8/h2-6H,1H3,(H2,16,18). The first-order valence-electron chi connectivity index (χ1n) is 5.77. The van der Waals surface area contributed by atoms with Gasteiger partial charge in [-0.15, -0.1) is 11.3 Å². The molecule has 0 aliphatic carbocycles. The van der Waals surface area contributed by atoms with Crippen LogP contribution in [0.1, 0.15) is 5.69 Å². The van der Waals surface area contributed by atoms with Crippen LogP contribution in [0.5, 0.6) is 0 Å². The molecule has 0 spiro atoms. The molecule has 3 aromatic rings. The molecule has 20 heavy (non-hydrogen) atoms. The molecule has 0 aliphatic heterocycles. The lowest BCUT2D eigenvalue weighted by Crippen LogP contribution is -1.99. The van der Waals surface area contributed by atoms with Gasteiger partial charge in [-0.2, -0.15) is 5.10 Å². The Morgan fingerprint density at radius 1 is 1.40 bits per heavy atom. The zero-order valence-corrected chi connectivity index (χ0v) is 12.0. The minimum Gasteiger partial charge on any atom is -0.375 e. The lowest BCUT2D eigenvalue weighted by Gasteiger charge is -2.06. The van der Waals surface area contributed by atoms with Gasteiger partial charge < -0.3 is 5.73 Å². The fraction of sp³-hybridized carbons (Fsp3) is 0.0769.